The predicted molar refractivity (Wildman–Crippen MR) is 128 cm³/mol. The van der Waals surface area contributed by atoms with Gasteiger partial charge in [-0.1, -0.05) is 24.3 Å². The van der Waals surface area contributed by atoms with Crippen molar-refractivity contribution in [1.29, 1.82) is 0 Å². The Bertz CT molecular complexity index is 878. The van der Waals surface area contributed by atoms with Gasteiger partial charge in [0.2, 0.25) is 0 Å². The van der Waals surface area contributed by atoms with Crippen LogP contribution in [0.25, 0.3) is 0 Å². The molecule has 0 bridgehead atoms. The van der Waals surface area contributed by atoms with Crippen LogP contribution in [0.4, 0.5) is 4.79 Å². The molecule has 0 aliphatic carbocycles. The number of fused-ring (bicyclic) bond motifs is 1. The first-order valence-corrected chi connectivity index (χ1v) is 11.0. The lowest BCUT2D eigenvalue weighted by Crippen LogP contribution is -2.48. The molecule has 31 heavy (non-hydrogen) atoms. The number of nitrogens with one attached hydrogen (secondary N) is 1. The molecule has 2 amide bonds. The summed E-state index contributed by atoms with van der Waals surface area (Å²) in [5, 5.41) is 13.4. The molecule has 168 valence electrons. The highest BCUT2D eigenvalue weighted by Crippen LogP contribution is 2.27. The molecule has 1 aromatic carbocycles. The van der Waals surface area contributed by atoms with Gasteiger partial charge in [0.15, 0.2) is 0 Å². The molecule has 2 aliphatic heterocycles. The zero-order valence-corrected chi connectivity index (χ0v) is 19.3. The van der Waals surface area contributed by atoms with Crippen molar-refractivity contribution < 1.29 is 9.90 Å². The van der Waals surface area contributed by atoms with Crippen LogP contribution in [-0.2, 0) is 13.0 Å². The summed E-state index contributed by atoms with van der Waals surface area (Å²) in [6.07, 6.45) is 4.38. The first-order chi connectivity index (χ1) is 14.6. The first kappa shape index (κ1) is 23.6. The minimum atomic E-state index is -0.567. The maximum atomic E-state index is 12.7. The number of nitrogens with zero attached hydrogens (tertiary/aromatic N) is 3. The lowest BCUT2D eigenvalue weighted by atomic mass is 9.91. The monoisotopic (exact) mass is 442 g/mol. The zero-order chi connectivity index (χ0) is 20.9. The number of amides is 2. The van der Waals surface area contributed by atoms with Crippen molar-refractivity contribution in [2.45, 2.75) is 44.8 Å². The van der Waals surface area contributed by atoms with Gasteiger partial charge >= 0.3 is 6.03 Å². The summed E-state index contributed by atoms with van der Waals surface area (Å²) in [6.45, 7) is 6.15. The molecule has 2 atom stereocenters. The third kappa shape index (κ3) is 6.21. The molecule has 0 saturated carbocycles. The van der Waals surface area contributed by atoms with E-state index < -0.39 is 6.10 Å². The Kier molecular flexibility index (Phi) is 8.35. The molecule has 1 aromatic heterocycles. The lowest BCUT2D eigenvalue weighted by Gasteiger charge is -2.34. The van der Waals surface area contributed by atoms with E-state index in [1.807, 2.05) is 18.0 Å². The van der Waals surface area contributed by atoms with Crippen LogP contribution in [-0.4, -0.2) is 64.7 Å². The van der Waals surface area contributed by atoms with Gasteiger partial charge in [-0.05, 0) is 55.0 Å². The smallest absolute Gasteiger partial charge is 0.317 e. The number of hydrogen-bond acceptors (Lipinski definition) is 4. The lowest BCUT2D eigenvalue weighted by molar-refractivity contribution is 0.102. The van der Waals surface area contributed by atoms with Gasteiger partial charge in [-0.2, -0.15) is 13.5 Å². The third-order valence-electron chi connectivity index (χ3n) is 6.27. The second-order valence-electron chi connectivity index (χ2n) is 8.61. The Morgan fingerprint density at radius 1 is 1.26 bits per heavy atom. The molecule has 0 spiro atoms. The van der Waals surface area contributed by atoms with E-state index in [1.165, 1.54) is 16.7 Å². The Morgan fingerprint density at radius 3 is 2.87 bits per heavy atom. The van der Waals surface area contributed by atoms with Crippen molar-refractivity contribution in [2.24, 2.45) is 0 Å². The average molecular weight is 443 g/mol. The highest BCUT2D eigenvalue weighted by Gasteiger charge is 2.25. The second-order valence-corrected chi connectivity index (χ2v) is 8.61. The van der Waals surface area contributed by atoms with Gasteiger partial charge in [-0.25, -0.2) is 4.79 Å². The number of rotatable bonds is 5. The van der Waals surface area contributed by atoms with Crippen LogP contribution in [0.2, 0.25) is 0 Å². The summed E-state index contributed by atoms with van der Waals surface area (Å²) in [5.41, 5.74) is 5.01. The Hall–Kier alpha value is -2.09. The number of carbonyl (C=O) groups excluding carboxylic acids is 1. The maximum absolute atomic E-state index is 12.7. The number of β-amino-alcohol motifs (C(OH)–C–C–N with tert-alkyl or cyclic N) is 1. The maximum Gasteiger partial charge on any atom is 0.317 e. The normalized spacial score (nSPS) is 19.8. The number of urea groups is 1. The molecule has 2 aliphatic rings. The molecule has 3 heterocycles. The van der Waals surface area contributed by atoms with E-state index in [9.17, 15) is 9.90 Å². The fraction of sp³-hybridized carbons (Fsp3) is 0.500. The Labute approximate surface area is 192 Å². The van der Waals surface area contributed by atoms with Gasteiger partial charge < -0.3 is 15.3 Å². The quantitative estimate of drug-likeness (QED) is 0.747. The van der Waals surface area contributed by atoms with E-state index in [0.717, 1.165) is 44.6 Å². The number of aromatic nitrogens is 1. The number of likely N-dealkylation sites (tertiary alicyclic amines) is 1. The number of piperidine rings is 1. The average Bonchev–Trinajstić information content (AvgIpc) is 2.77. The van der Waals surface area contributed by atoms with Gasteiger partial charge in [0.05, 0.1) is 6.10 Å². The zero-order valence-electron chi connectivity index (χ0n) is 18.3. The van der Waals surface area contributed by atoms with Crippen molar-refractivity contribution in [1.82, 2.24) is 20.1 Å². The summed E-state index contributed by atoms with van der Waals surface area (Å²) in [5.74, 6) is 0.351. The van der Waals surface area contributed by atoms with Crippen molar-refractivity contribution in [2.75, 3.05) is 32.7 Å². The largest absolute Gasteiger partial charge is 0.390 e. The molecule has 7 heteroatoms. The molecule has 0 radical (unpaired) electrons. The second kappa shape index (κ2) is 11.0. The number of aryl methyl sites for hydroxylation is 1. The van der Waals surface area contributed by atoms with E-state index in [-0.39, 0.29) is 26.1 Å². The number of hydrogen-bond donors (Lipinski definition) is 2. The molecule has 1 saturated heterocycles. The van der Waals surface area contributed by atoms with Gasteiger partial charge in [-0.3, -0.25) is 9.88 Å². The predicted octanol–water partition coefficient (Wildman–Crippen LogP) is 2.81. The molecule has 6 nitrogen and oxygen atoms in total. The highest BCUT2D eigenvalue weighted by atomic mass is 32.1. The minimum absolute atomic E-state index is 0. The van der Waals surface area contributed by atoms with Crippen LogP contribution in [0.1, 0.15) is 41.1 Å². The number of aliphatic hydroxyl groups is 1. The third-order valence-corrected chi connectivity index (χ3v) is 6.27. The van der Waals surface area contributed by atoms with Crippen molar-refractivity contribution in [3.8, 4) is 0 Å². The minimum Gasteiger partial charge on any atom is -0.390 e. The highest BCUT2D eigenvalue weighted by molar-refractivity contribution is 7.59. The van der Waals surface area contributed by atoms with E-state index in [1.54, 1.807) is 0 Å². The van der Waals surface area contributed by atoms with E-state index in [4.69, 9.17) is 0 Å². The first-order valence-electron chi connectivity index (χ1n) is 11.0. The van der Waals surface area contributed by atoms with E-state index >= 15 is 0 Å². The SMILES string of the molecule is Cc1cc(C2CCCN(C(=O)NC[C@H](O)CN3CCc4ccccc4C3)C2)ccn1.S. The fourth-order valence-electron chi connectivity index (χ4n) is 4.64. The fourth-order valence-corrected chi connectivity index (χ4v) is 4.64. The molecule has 4 rings (SSSR count). The van der Waals surface area contributed by atoms with E-state index in [2.05, 4.69) is 51.6 Å². The summed E-state index contributed by atoms with van der Waals surface area (Å²) < 4.78 is 0. The summed E-state index contributed by atoms with van der Waals surface area (Å²) in [4.78, 5) is 21.1. The van der Waals surface area contributed by atoms with Gasteiger partial charge in [0, 0.05) is 57.1 Å². The standard InChI is InChI=1S/C24H32N4O2.H2S/c1-18-13-20(8-10-25-18)22-7-4-11-28(16-22)24(30)26-14-23(29)17-27-12-9-19-5-2-3-6-21(19)15-27;/h2-3,5-6,8,10,13,22-23,29H,4,7,9,11-12,14-17H2,1H3,(H,26,30);1H2/t22?,23-;/m0./s1. The molecular weight excluding hydrogens is 408 g/mol. The van der Waals surface area contributed by atoms with Crippen molar-refractivity contribution >= 4 is 19.5 Å². The van der Waals surface area contributed by atoms with E-state index in [0.29, 0.717) is 19.0 Å². The van der Waals surface area contributed by atoms with Crippen molar-refractivity contribution in [3.63, 3.8) is 0 Å². The number of carbonyl (C=O) groups is 1. The molecule has 1 unspecified atom stereocenters. The summed E-state index contributed by atoms with van der Waals surface area (Å²) in [6, 6.07) is 12.6. The molecular formula is C24H34N4O2S. The van der Waals surface area contributed by atoms with Gasteiger partial charge in [-0.15, -0.1) is 0 Å². The Morgan fingerprint density at radius 2 is 2.06 bits per heavy atom. The van der Waals surface area contributed by atoms with Crippen LogP contribution in [0.5, 0.6) is 0 Å². The Balaban J connectivity index is 0.00000272. The van der Waals surface area contributed by atoms with Crippen LogP contribution in [0.3, 0.4) is 0 Å². The molecule has 2 N–H and O–H groups in total. The van der Waals surface area contributed by atoms with Crippen LogP contribution in [0, 0.1) is 6.92 Å². The number of aliphatic hydroxyl groups excluding tert-OH is 1. The van der Waals surface area contributed by atoms with Crippen LogP contribution >= 0.6 is 13.5 Å². The van der Waals surface area contributed by atoms with Gasteiger partial charge in [0.25, 0.3) is 0 Å². The summed E-state index contributed by atoms with van der Waals surface area (Å²) in [7, 11) is 0. The van der Waals surface area contributed by atoms with Crippen molar-refractivity contribution in [3.05, 3.63) is 65.0 Å². The topological polar surface area (TPSA) is 68.7 Å². The summed E-state index contributed by atoms with van der Waals surface area (Å²) >= 11 is 0. The van der Waals surface area contributed by atoms with Crippen LogP contribution in [0.15, 0.2) is 42.6 Å². The molecule has 2 aromatic rings. The van der Waals surface area contributed by atoms with Gasteiger partial charge in [0.1, 0.15) is 0 Å². The van der Waals surface area contributed by atoms with Crippen LogP contribution < -0.4 is 5.32 Å². The number of pyridine rings is 1. The molecule has 1 fully saturated rings. The number of benzene rings is 1.